The molecule has 0 aromatic carbocycles. The van der Waals surface area contributed by atoms with Gasteiger partial charge in [0.15, 0.2) is 10.8 Å². The number of rotatable bonds is 8. The Hall–Kier alpha value is -1.11. The van der Waals surface area contributed by atoms with Gasteiger partial charge in [0, 0.05) is 31.7 Å². The molecule has 0 aliphatic carbocycles. The lowest BCUT2D eigenvalue weighted by Crippen LogP contribution is -2.24. The monoisotopic (exact) mass is 280 g/mol. The fraction of sp³-hybridized carbons (Fsp3) is 0.538. The van der Waals surface area contributed by atoms with Gasteiger partial charge >= 0.3 is 0 Å². The average molecular weight is 280 g/mol. The van der Waals surface area contributed by atoms with E-state index >= 15 is 0 Å². The summed E-state index contributed by atoms with van der Waals surface area (Å²) in [5, 5.41) is 13.2. The highest BCUT2D eigenvalue weighted by molar-refractivity contribution is 7.99. The standard InChI is InChI=1S/C13H20N4OS/c1-11(10-14-7-5-9-18-2)19-13-16-15-12-6-3-4-8-17(12)13/h3-4,6,8,11,14H,5,7,9-10H2,1-2H3. The van der Waals surface area contributed by atoms with Gasteiger partial charge in [0.05, 0.1) is 0 Å². The maximum atomic E-state index is 5.02. The number of hydrogen-bond acceptors (Lipinski definition) is 5. The largest absolute Gasteiger partial charge is 0.385 e. The van der Waals surface area contributed by atoms with E-state index < -0.39 is 0 Å². The van der Waals surface area contributed by atoms with Gasteiger partial charge in [-0.1, -0.05) is 24.8 Å². The molecule has 0 aliphatic heterocycles. The van der Waals surface area contributed by atoms with Crippen LogP contribution in [0.1, 0.15) is 13.3 Å². The SMILES string of the molecule is COCCCNCC(C)Sc1nnc2ccccn12. The lowest BCUT2D eigenvalue weighted by Gasteiger charge is -2.11. The van der Waals surface area contributed by atoms with Crippen molar-refractivity contribution in [1.82, 2.24) is 19.9 Å². The second kappa shape index (κ2) is 7.47. The van der Waals surface area contributed by atoms with E-state index in [1.54, 1.807) is 18.9 Å². The number of ether oxygens (including phenoxy) is 1. The highest BCUT2D eigenvalue weighted by Crippen LogP contribution is 2.21. The van der Waals surface area contributed by atoms with Crippen molar-refractivity contribution in [3.8, 4) is 0 Å². The predicted molar refractivity (Wildman–Crippen MR) is 77.7 cm³/mol. The van der Waals surface area contributed by atoms with Crippen LogP contribution in [-0.2, 0) is 4.74 Å². The van der Waals surface area contributed by atoms with Gasteiger partial charge in [0.2, 0.25) is 0 Å². The van der Waals surface area contributed by atoms with Crippen LogP contribution in [0, 0.1) is 0 Å². The van der Waals surface area contributed by atoms with Crippen molar-refractivity contribution in [2.24, 2.45) is 0 Å². The van der Waals surface area contributed by atoms with E-state index in [0.717, 1.165) is 36.9 Å². The Morgan fingerprint density at radius 2 is 2.32 bits per heavy atom. The van der Waals surface area contributed by atoms with Crippen molar-refractivity contribution in [3.63, 3.8) is 0 Å². The molecule has 2 aromatic heterocycles. The van der Waals surface area contributed by atoms with Crippen LogP contribution in [0.15, 0.2) is 29.6 Å². The molecule has 5 nitrogen and oxygen atoms in total. The molecule has 2 heterocycles. The minimum atomic E-state index is 0.454. The van der Waals surface area contributed by atoms with Crippen molar-refractivity contribution >= 4 is 17.4 Å². The van der Waals surface area contributed by atoms with Crippen LogP contribution in [0.25, 0.3) is 5.65 Å². The summed E-state index contributed by atoms with van der Waals surface area (Å²) in [6.45, 7) is 4.94. The first-order chi connectivity index (χ1) is 9.31. The molecule has 19 heavy (non-hydrogen) atoms. The van der Waals surface area contributed by atoms with Gasteiger partial charge in [-0.3, -0.25) is 4.40 Å². The summed E-state index contributed by atoms with van der Waals surface area (Å²) >= 11 is 1.74. The first-order valence-electron chi connectivity index (χ1n) is 6.47. The molecule has 2 rings (SSSR count). The number of fused-ring (bicyclic) bond motifs is 1. The molecule has 1 atom stereocenters. The van der Waals surface area contributed by atoms with E-state index in [9.17, 15) is 0 Å². The molecule has 1 unspecified atom stereocenters. The van der Waals surface area contributed by atoms with Crippen LogP contribution >= 0.6 is 11.8 Å². The van der Waals surface area contributed by atoms with Gasteiger partial charge in [0.1, 0.15) is 0 Å². The second-order valence-electron chi connectivity index (χ2n) is 4.39. The Labute approximate surface area is 117 Å². The molecule has 104 valence electrons. The number of aromatic nitrogens is 3. The first kappa shape index (κ1) is 14.3. The summed E-state index contributed by atoms with van der Waals surface area (Å²) in [7, 11) is 1.73. The Morgan fingerprint density at radius 1 is 1.42 bits per heavy atom. The Morgan fingerprint density at radius 3 is 3.16 bits per heavy atom. The van der Waals surface area contributed by atoms with E-state index in [4.69, 9.17) is 4.74 Å². The lowest BCUT2D eigenvalue weighted by atomic mass is 10.4. The Kier molecular flexibility index (Phi) is 5.62. The van der Waals surface area contributed by atoms with E-state index in [1.807, 2.05) is 28.8 Å². The zero-order chi connectivity index (χ0) is 13.5. The summed E-state index contributed by atoms with van der Waals surface area (Å²) in [6.07, 6.45) is 3.04. The number of thioether (sulfide) groups is 1. The molecule has 6 heteroatoms. The van der Waals surface area contributed by atoms with Crippen molar-refractivity contribution in [1.29, 1.82) is 0 Å². The lowest BCUT2D eigenvalue weighted by molar-refractivity contribution is 0.194. The van der Waals surface area contributed by atoms with E-state index in [0.29, 0.717) is 5.25 Å². The van der Waals surface area contributed by atoms with Gasteiger partial charge in [-0.05, 0) is 25.1 Å². The molecule has 2 aromatic rings. The second-order valence-corrected chi connectivity index (χ2v) is 5.80. The summed E-state index contributed by atoms with van der Waals surface area (Å²) < 4.78 is 7.04. The van der Waals surface area contributed by atoms with Crippen LogP contribution in [0.4, 0.5) is 0 Å². The van der Waals surface area contributed by atoms with Gasteiger partial charge < -0.3 is 10.1 Å². The first-order valence-corrected chi connectivity index (χ1v) is 7.35. The minimum absolute atomic E-state index is 0.454. The molecular weight excluding hydrogens is 260 g/mol. The highest BCUT2D eigenvalue weighted by atomic mass is 32.2. The third-order valence-corrected chi connectivity index (χ3v) is 3.78. The zero-order valence-corrected chi connectivity index (χ0v) is 12.2. The summed E-state index contributed by atoms with van der Waals surface area (Å²) in [5.74, 6) is 0. The van der Waals surface area contributed by atoms with Gasteiger partial charge in [0.25, 0.3) is 0 Å². The normalized spacial score (nSPS) is 12.9. The molecule has 0 saturated heterocycles. The number of methoxy groups -OCH3 is 1. The van der Waals surface area contributed by atoms with Crippen molar-refractivity contribution in [3.05, 3.63) is 24.4 Å². The van der Waals surface area contributed by atoms with E-state index in [-0.39, 0.29) is 0 Å². The topological polar surface area (TPSA) is 51.5 Å². The van der Waals surface area contributed by atoms with Crippen LogP contribution in [0.2, 0.25) is 0 Å². The highest BCUT2D eigenvalue weighted by Gasteiger charge is 2.10. The quantitative estimate of drug-likeness (QED) is 0.590. The number of nitrogens with one attached hydrogen (secondary N) is 1. The maximum absolute atomic E-state index is 5.02. The summed E-state index contributed by atoms with van der Waals surface area (Å²) in [5.41, 5.74) is 0.894. The molecule has 0 amide bonds. The van der Waals surface area contributed by atoms with Crippen LogP contribution < -0.4 is 5.32 Å². The van der Waals surface area contributed by atoms with E-state index in [2.05, 4.69) is 22.4 Å². The fourth-order valence-electron chi connectivity index (χ4n) is 1.77. The Balaban J connectivity index is 1.80. The van der Waals surface area contributed by atoms with E-state index in [1.165, 1.54) is 0 Å². The predicted octanol–water partition coefficient (Wildman–Crippen LogP) is 1.84. The zero-order valence-electron chi connectivity index (χ0n) is 11.4. The third-order valence-electron chi connectivity index (χ3n) is 2.72. The molecule has 0 bridgehead atoms. The molecular formula is C13H20N4OS. The van der Waals surface area contributed by atoms with Gasteiger partial charge in [-0.2, -0.15) is 0 Å². The smallest absolute Gasteiger partial charge is 0.195 e. The molecule has 0 fully saturated rings. The van der Waals surface area contributed by atoms with Gasteiger partial charge in [-0.15, -0.1) is 10.2 Å². The van der Waals surface area contributed by atoms with Crippen molar-refractivity contribution in [2.75, 3.05) is 26.8 Å². The molecule has 0 saturated carbocycles. The van der Waals surface area contributed by atoms with Crippen LogP contribution in [-0.4, -0.2) is 46.7 Å². The number of nitrogens with zero attached hydrogens (tertiary/aromatic N) is 3. The molecule has 0 aliphatic rings. The molecule has 0 spiro atoms. The van der Waals surface area contributed by atoms with Crippen LogP contribution in [0.5, 0.6) is 0 Å². The maximum Gasteiger partial charge on any atom is 0.195 e. The molecule has 1 N–H and O–H groups in total. The minimum Gasteiger partial charge on any atom is -0.385 e. The molecule has 0 radical (unpaired) electrons. The fourth-order valence-corrected chi connectivity index (χ4v) is 2.69. The number of pyridine rings is 1. The van der Waals surface area contributed by atoms with Gasteiger partial charge in [-0.25, -0.2) is 0 Å². The number of hydrogen-bond donors (Lipinski definition) is 1. The van der Waals surface area contributed by atoms with Crippen molar-refractivity contribution in [2.45, 2.75) is 23.8 Å². The van der Waals surface area contributed by atoms with Crippen LogP contribution in [0.3, 0.4) is 0 Å². The average Bonchev–Trinajstić information content (AvgIpc) is 2.82. The van der Waals surface area contributed by atoms with Crippen molar-refractivity contribution < 1.29 is 4.74 Å². The summed E-state index contributed by atoms with van der Waals surface area (Å²) in [6, 6.07) is 5.93. The third kappa shape index (κ3) is 4.19. The summed E-state index contributed by atoms with van der Waals surface area (Å²) in [4.78, 5) is 0. The Bertz CT molecular complexity index is 502.